The third kappa shape index (κ3) is 17.1. The average molecular weight is 705 g/mol. The van der Waals surface area contributed by atoms with Crippen molar-refractivity contribution in [1.29, 1.82) is 0 Å². The van der Waals surface area contributed by atoms with E-state index in [4.69, 9.17) is 9.84 Å². The number of nitrogens with zero attached hydrogens (tertiary/aromatic N) is 3. The molecule has 11 nitrogen and oxygen atoms in total. The lowest BCUT2D eigenvalue weighted by molar-refractivity contribution is -0.155. The molecule has 0 saturated carbocycles. The van der Waals surface area contributed by atoms with E-state index in [-0.39, 0.29) is 55.1 Å². The number of aryl methyl sites for hydroxylation is 1. The number of piperidine rings is 1. The van der Waals surface area contributed by atoms with E-state index in [1.54, 1.807) is 0 Å². The van der Waals surface area contributed by atoms with Crippen LogP contribution in [-0.2, 0) is 25.5 Å². The summed E-state index contributed by atoms with van der Waals surface area (Å²) in [7, 11) is 0.775. The first kappa shape index (κ1) is 44.8. The second-order valence-electron chi connectivity index (χ2n) is 12.0. The molecule has 2 rings (SSSR count). The van der Waals surface area contributed by atoms with Gasteiger partial charge >= 0.3 is 11.9 Å². The van der Waals surface area contributed by atoms with Crippen LogP contribution in [0.4, 0.5) is 0 Å². The van der Waals surface area contributed by atoms with Crippen LogP contribution in [0.5, 0.6) is 0 Å². The lowest BCUT2D eigenvalue weighted by Gasteiger charge is -2.35. The van der Waals surface area contributed by atoms with Gasteiger partial charge in [0.2, 0.25) is 11.8 Å². The van der Waals surface area contributed by atoms with E-state index in [0.29, 0.717) is 30.7 Å². The fraction of sp³-hybridized carbons (Fsp3) is 0.794. The standard InChI is InChI=1S/C25H40N4O6S.C6H16OS.C3H8/c1-5-10-21(30)35-16-29(14-9-12-20-26-18(15-36-20)25(33)34)24(32)22(17(3)6-2)27-23(31)19-11-7-8-13-28(19)4;1-4-8(7,5-2)6-3;1-3-2/h15,17,19,22H,5-14,16H2,1-4H3,(H,27,31)(H,33,34);7H,4-6H2,1-3H3;3H2,1-2H3. The van der Waals surface area contributed by atoms with E-state index in [9.17, 15) is 23.7 Å². The third-order valence-electron chi connectivity index (χ3n) is 8.20. The number of hydrogen-bond acceptors (Lipinski definition) is 9. The van der Waals surface area contributed by atoms with Crippen LogP contribution in [-0.4, -0.2) is 104 Å². The molecule has 2 amide bonds. The first-order valence-corrected chi connectivity index (χ1v) is 20.4. The molecule has 274 valence electrons. The molecule has 0 spiro atoms. The van der Waals surface area contributed by atoms with Crippen LogP contribution >= 0.6 is 21.6 Å². The molecular formula is C34H64N4O7S2. The zero-order chi connectivity index (χ0) is 36.0. The monoisotopic (exact) mass is 704 g/mol. The molecule has 0 bridgehead atoms. The zero-order valence-electron chi connectivity index (χ0n) is 30.5. The molecule has 1 aromatic rings. The molecule has 1 saturated heterocycles. The van der Waals surface area contributed by atoms with Crippen LogP contribution in [0.2, 0.25) is 0 Å². The van der Waals surface area contributed by atoms with E-state index in [2.05, 4.69) is 44.9 Å². The van der Waals surface area contributed by atoms with E-state index in [1.807, 2.05) is 32.7 Å². The second kappa shape index (κ2) is 24.9. The summed E-state index contributed by atoms with van der Waals surface area (Å²) in [6, 6.07) is -0.997. The summed E-state index contributed by atoms with van der Waals surface area (Å²) in [5, 5.41) is 14.2. The van der Waals surface area contributed by atoms with Gasteiger partial charge in [-0.1, -0.05) is 74.7 Å². The van der Waals surface area contributed by atoms with Crippen LogP contribution in [0.15, 0.2) is 5.38 Å². The Bertz CT molecular complexity index is 1040. The zero-order valence-corrected chi connectivity index (χ0v) is 32.1. The number of carboxylic acids is 1. The Labute approximate surface area is 289 Å². The van der Waals surface area contributed by atoms with Gasteiger partial charge in [0.05, 0.1) is 11.0 Å². The first-order valence-electron chi connectivity index (χ1n) is 17.4. The number of thiazole rings is 1. The van der Waals surface area contributed by atoms with Crippen molar-refractivity contribution in [3.63, 3.8) is 0 Å². The summed E-state index contributed by atoms with van der Waals surface area (Å²) in [6.07, 6.45) is 6.63. The van der Waals surface area contributed by atoms with Crippen molar-refractivity contribution >= 4 is 45.4 Å². The fourth-order valence-corrected chi connectivity index (χ4v) is 6.80. The second-order valence-corrected chi connectivity index (χ2v) is 16.6. The Hall–Kier alpha value is -2.22. The Kier molecular flexibility index (Phi) is 23.7. The van der Waals surface area contributed by atoms with Crippen molar-refractivity contribution < 1.29 is 33.6 Å². The summed E-state index contributed by atoms with van der Waals surface area (Å²) in [5.41, 5.74) is 0.00339. The normalized spacial score (nSPS) is 16.3. The number of aromatic nitrogens is 1. The summed E-state index contributed by atoms with van der Waals surface area (Å²) >= 11 is 1.26. The van der Waals surface area contributed by atoms with Gasteiger partial charge in [-0.15, -0.1) is 21.6 Å². The topological polar surface area (TPSA) is 149 Å². The van der Waals surface area contributed by atoms with Gasteiger partial charge in [0.25, 0.3) is 0 Å². The summed E-state index contributed by atoms with van der Waals surface area (Å²) in [5.74, 6) is 0.872. The number of likely N-dealkylation sites (tertiary alicyclic amines) is 1. The number of esters is 1. The number of nitrogens with one attached hydrogen (secondary N) is 1. The fourth-order valence-electron chi connectivity index (χ4n) is 4.76. The van der Waals surface area contributed by atoms with Gasteiger partial charge in [0.15, 0.2) is 12.4 Å². The van der Waals surface area contributed by atoms with E-state index >= 15 is 0 Å². The van der Waals surface area contributed by atoms with Crippen LogP contribution in [0.3, 0.4) is 0 Å². The minimum Gasteiger partial charge on any atom is -0.476 e. The summed E-state index contributed by atoms with van der Waals surface area (Å²) in [4.78, 5) is 57.5. The quantitative estimate of drug-likeness (QED) is 0.120. The van der Waals surface area contributed by atoms with Gasteiger partial charge in [0, 0.05) is 24.8 Å². The Morgan fingerprint density at radius 3 is 2.19 bits per heavy atom. The lowest BCUT2D eigenvalue weighted by atomic mass is 9.96. The van der Waals surface area contributed by atoms with Crippen LogP contribution in [0.25, 0.3) is 0 Å². The Morgan fingerprint density at radius 1 is 1.11 bits per heavy atom. The van der Waals surface area contributed by atoms with Gasteiger partial charge in [-0.2, -0.15) is 0 Å². The molecule has 0 aliphatic carbocycles. The smallest absolute Gasteiger partial charge is 0.355 e. The molecule has 1 fully saturated rings. The Balaban J connectivity index is 0.00000165. The van der Waals surface area contributed by atoms with Crippen LogP contribution in [0, 0.1) is 5.92 Å². The van der Waals surface area contributed by atoms with Crippen LogP contribution in [0.1, 0.15) is 122 Å². The summed E-state index contributed by atoms with van der Waals surface area (Å²) in [6.45, 7) is 17.1. The minimum atomic E-state index is -1.15. The predicted octanol–water partition coefficient (Wildman–Crippen LogP) is 6.66. The largest absolute Gasteiger partial charge is 0.476 e. The average Bonchev–Trinajstić information content (AvgIpc) is 3.54. The molecular weight excluding hydrogens is 641 g/mol. The van der Waals surface area contributed by atoms with Crippen molar-refractivity contribution in [2.75, 3.05) is 44.1 Å². The van der Waals surface area contributed by atoms with Crippen molar-refractivity contribution in [1.82, 2.24) is 20.1 Å². The number of amides is 2. The molecule has 1 aromatic heterocycles. The highest BCUT2D eigenvalue weighted by atomic mass is 32.3. The highest BCUT2D eigenvalue weighted by Gasteiger charge is 2.34. The molecule has 2 heterocycles. The van der Waals surface area contributed by atoms with Gasteiger partial charge in [-0.25, -0.2) is 9.78 Å². The SMILES string of the molecule is CCC.CCCC(=O)OCN(CCCc1nc(C(=O)O)cs1)C(=O)C(NC(=O)C1CCCCN1C)C(C)CC.CCS(O)(CC)CC. The number of carbonyl (C=O) groups is 4. The van der Waals surface area contributed by atoms with E-state index in [1.165, 1.54) is 28.0 Å². The molecule has 47 heavy (non-hydrogen) atoms. The third-order valence-corrected chi connectivity index (χ3v) is 12.3. The number of rotatable bonds is 17. The van der Waals surface area contributed by atoms with Gasteiger partial charge < -0.3 is 24.6 Å². The summed E-state index contributed by atoms with van der Waals surface area (Å²) < 4.78 is 14.9. The van der Waals surface area contributed by atoms with Crippen LogP contribution < -0.4 is 5.32 Å². The molecule has 3 atom stereocenters. The highest BCUT2D eigenvalue weighted by molar-refractivity contribution is 8.29. The molecule has 1 aliphatic rings. The highest BCUT2D eigenvalue weighted by Crippen LogP contribution is 2.41. The van der Waals surface area contributed by atoms with Crippen molar-refractivity contribution in [3.8, 4) is 0 Å². The Morgan fingerprint density at radius 2 is 1.72 bits per heavy atom. The van der Waals surface area contributed by atoms with Crippen molar-refractivity contribution in [3.05, 3.63) is 16.1 Å². The maximum Gasteiger partial charge on any atom is 0.355 e. The number of carbonyl (C=O) groups excluding carboxylic acids is 3. The maximum atomic E-state index is 13.7. The minimum absolute atomic E-state index is 0.00339. The molecule has 3 unspecified atom stereocenters. The number of ether oxygens (including phenoxy) is 1. The molecule has 3 N–H and O–H groups in total. The predicted molar refractivity (Wildman–Crippen MR) is 194 cm³/mol. The lowest BCUT2D eigenvalue weighted by Crippen LogP contribution is -2.57. The van der Waals surface area contributed by atoms with Crippen molar-refractivity contribution in [2.24, 2.45) is 5.92 Å². The number of likely N-dealkylation sites (N-methyl/N-ethyl adjacent to an activating group) is 1. The van der Waals surface area contributed by atoms with Gasteiger partial charge in [-0.3, -0.25) is 19.3 Å². The number of hydrogen-bond donors (Lipinski definition) is 3. The molecule has 0 aromatic carbocycles. The number of carboxylic acid groups (broad SMARTS) is 1. The van der Waals surface area contributed by atoms with E-state index in [0.717, 1.165) is 43.1 Å². The molecule has 1 aliphatic heterocycles. The van der Waals surface area contributed by atoms with Gasteiger partial charge in [-0.05, 0) is 62.5 Å². The maximum absolute atomic E-state index is 13.7. The molecule has 0 radical (unpaired) electrons. The van der Waals surface area contributed by atoms with Gasteiger partial charge in [0.1, 0.15) is 6.04 Å². The first-order chi connectivity index (χ1) is 22.3. The molecule has 13 heteroatoms. The van der Waals surface area contributed by atoms with Crippen molar-refractivity contribution in [2.45, 2.75) is 125 Å². The van der Waals surface area contributed by atoms with E-state index < -0.39 is 22.3 Å². The number of aromatic carboxylic acids is 1.